The van der Waals surface area contributed by atoms with Gasteiger partial charge in [0.1, 0.15) is 5.69 Å². The van der Waals surface area contributed by atoms with Crippen LogP contribution in [0.3, 0.4) is 0 Å². The molecular formula is C25H24N4O. The predicted molar refractivity (Wildman–Crippen MR) is 121 cm³/mol. The summed E-state index contributed by atoms with van der Waals surface area (Å²) in [7, 11) is 3.94. The first-order valence-corrected chi connectivity index (χ1v) is 9.96. The molecule has 5 nitrogen and oxygen atoms in total. The Labute approximate surface area is 176 Å². The molecule has 1 N–H and O–H groups in total. The lowest BCUT2D eigenvalue weighted by Crippen LogP contribution is -2.31. The molecule has 0 saturated heterocycles. The first-order chi connectivity index (χ1) is 14.6. The lowest BCUT2D eigenvalue weighted by Gasteiger charge is -2.13. The van der Waals surface area contributed by atoms with Gasteiger partial charge in [-0.1, -0.05) is 60.7 Å². The minimum absolute atomic E-state index is 0.209. The van der Waals surface area contributed by atoms with Crippen LogP contribution >= 0.6 is 0 Å². The van der Waals surface area contributed by atoms with Crippen molar-refractivity contribution in [1.29, 1.82) is 0 Å². The van der Waals surface area contributed by atoms with Crippen molar-refractivity contribution in [3.05, 3.63) is 84.7 Å². The third kappa shape index (κ3) is 4.36. The van der Waals surface area contributed by atoms with E-state index in [0.717, 1.165) is 34.3 Å². The van der Waals surface area contributed by atoms with E-state index in [1.54, 1.807) is 6.20 Å². The number of amides is 1. The molecule has 150 valence electrons. The average Bonchev–Trinajstić information content (AvgIpc) is 2.78. The summed E-state index contributed by atoms with van der Waals surface area (Å²) in [5.74, 6) is -0.209. The van der Waals surface area contributed by atoms with Crippen LogP contribution < -0.4 is 5.32 Å². The van der Waals surface area contributed by atoms with Gasteiger partial charge < -0.3 is 10.2 Å². The van der Waals surface area contributed by atoms with Crippen LogP contribution in [0.4, 0.5) is 0 Å². The predicted octanol–water partition coefficient (Wildman–Crippen LogP) is 4.26. The van der Waals surface area contributed by atoms with E-state index in [9.17, 15) is 4.79 Å². The Morgan fingerprint density at radius 2 is 1.43 bits per heavy atom. The molecule has 4 rings (SSSR count). The molecule has 0 aliphatic heterocycles. The van der Waals surface area contributed by atoms with Gasteiger partial charge in [-0.2, -0.15) is 0 Å². The number of fused-ring (bicyclic) bond motifs is 1. The van der Waals surface area contributed by atoms with Crippen LogP contribution in [0.2, 0.25) is 0 Å². The van der Waals surface area contributed by atoms with Crippen molar-refractivity contribution < 1.29 is 4.79 Å². The van der Waals surface area contributed by atoms with E-state index in [1.165, 1.54) is 0 Å². The Bertz CT molecular complexity index is 1160. The lowest BCUT2D eigenvalue weighted by molar-refractivity contribution is 0.0946. The van der Waals surface area contributed by atoms with Gasteiger partial charge in [-0.15, -0.1) is 0 Å². The van der Waals surface area contributed by atoms with Gasteiger partial charge in [-0.05, 0) is 48.5 Å². The fraction of sp³-hybridized carbons (Fsp3) is 0.160. The standard InChI is InChI=1S/C25H24N4O/c1-29(2)14-13-26-25(30)24-17-27-22-15-20(18-9-5-3-6-10-18)21(16-23(22)28-24)19-11-7-4-8-12-19/h3-12,15-17H,13-14H2,1-2H3,(H,26,30). The smallest absolute Gasteiger partial charge is 0.271 e. The number of nitrogens with zero attached hydrogens (tertiary/aromatic N) is 3. The van der Waals surface area contributed by atoms with Crippen molar-refractivity contribution in [1.82, 2.24) is 20.2 Å². The number of hydrogen-bond acceptors (Lipinski definition) is 4. The molecular weight excluding hydrogens is 372 g/mol. The third-order valence-electron chi connectivity index (χ3n) is 4.93. The van der Waals surface area contributed by atoms with Gasteiger partial charge in [0.25, 0.3) is 5.91 Å². The van der Waals surface area contributed by atoms with Crippen molar-refractivity contribution in [3.8, 4) is 22.3 Å². The van der Waals surface area contributed by atoms with E-state index in [-0.39, 0.29) is 5.91 Å². The van der Waals surface area contributed by atoms with Crippen LogP contribution in [-0.4, -0.2) is 48.0 Å². The second kappa shape index (κ2) is 8.84. The molecule has 0 fully saturated rings. The highest BCUT2D eigenvalue weighted by Gasteiger charge is 2.13. The number of likely N-dealkylation sites (N-methyl/N-ethyl adjacent to an activating group) is 1. The van der Waals surface area contributed by atoms with Gasteiger partial charge in [0.15, 0.2) is 0 Å². The van der Waals surface area contributed by atoms with E-state index in [1.807, 2.05) is 67.5 Å². The topological polar surface area (TPSA) is 58.1 Å². The first-order valence-electron chi connectivity index (χ1n) is 9.96. The molecule has 0 unspecified atom stereocenters. The minimum atomic E-state index is -0.209. The third-order valence-corrected chi connectivity index (χ3v) is 4.93. The summed E-state index contributed by atoms with van der Waals surface area (Å²) in [6.07, 6.45) is 1.55. The van der Waals surface area contributed by atoms with Gasteiger partial charge in [-0.3, -0.25) is 9.78 Å². The fourth-order valence-electron chi connectivity index (χ4n) is 3.37. The van der Waals surface area contributed by atoms with Crippen LogP contribution in [0.5, 0.6) is 0 Å². The van der Waals surface area contributed by atoms with E-state index < -0.39 is 0 Å². The van der Waals surface area contributed by atoms with Crippen molar-refractivity contribution >= 4 is 16.9 Å². The van der Waals surface area contributed by atoms with Crippen LogP contribution in [0, 0.1) is 0 Å². The van der Waals surface area contributed by atoms with Crippen LogP contribution in [0.1, 0.15) is 10.5 Å². The minimum Gasteiger partial charge on any atom is -0.349 e. The number of nitrogens with one attached hydrogen (secondary N) is 1. The Morgan fingerprint density at radius 3 is 2.00 bits per heavy atom. The zero-order valence-electron chi connectivity index (χ0n) is 17.2. The molecule has 0 saturated carbocycles. The van der Waals surface area contributed by atoms with E-state index in [2.05, 4.69) is 39.6 Å². The summed E-state index contributed by atoms with van der Waals surface area (Å²) in [5, 5.41) is 2.90. The van der Waals surface area contributed by atoms with Crippen LogP contribution in [-0.2, 0) is 0 Å². The summed E-state index contributed by atoms with van der Waals surface area (Å²) in [6.45, 7) is 1.33. The molecule has 0 bridgehead atoms. The second-order valence-electron chi connectivity index (χ2n) is 7.43. The summed E-state index contributed by atoms with van der Waals surface area (Å²) in [6, 6.07) is 24.5. The summed E-state index contributed by atoms with van der Waals surface area (Å²) < 4.78 is 0. The van der Waals surface area contributed by atoms with Gasteiger partial charge in [-0.25, -0.2) is 4.98 Å². The highest BCUT2D eigenvalue weighted by Crippen LogP contribution is 2.34. The highest BCUT2D eigenvalue weighted by molar-refractivity contribution is 5.96. The number of aromatic nitrogens is 2. The molecule has 0 aliphatic rings. The molecule has 0 aliphatic carbocycles. The van der Waals surface area contributed by atoms with Crippen LogP contribution in [0.15, 0.2) is 79.0 Å². The molecule has 0 radical (unpaired) electrons. The lowest BCUT2D eigenvalue weighted by atomic mass is 9.94. The molecule has 3 aromatic carbocycles. The molecule has 0 spiro atoms. The zero-order chi connectivity index (χ0) is 20.9. The van der Waals surface area contributed by atoms with Gasteiger partial charge >= 0.3 is 0 Å². The highest BCUT2D eigenvalue weighted by atomic mass is 16.1. The Kier molecular flexibility index (Phi) is 5.82. The van der Waals surface area contributed by atoms with Crippen LogP contribution in [0.25, 0.3) is 33.3 Å². The summed E-state index contributed by atoms with van der Waals surface area (Å²) in [5.41, 5.74) is 6.16. The van der Waals surface area contributed by atoms with Gasteiger partial charge in [0, 0.05) is 13.1 Å². The van der Waals surface area contributed by atoms with E-state index in [4.69, 9.17) is 0 Å². The zero-order valence-corrected chi connectivity index (χ0v) is 17.2. The van der Waals surface area contributed by atoms with Crippen molar-refractivity contribution in [2.75, 3.05) is 27.2 Å². The number of benzene rings is 3. The maximum Gasteiger partial charge on any atom is 0.271 e. The fourth-order valence-corrected chi connectivity index (χ4v) is 3.37. The SMILES string of the molecule is CN(C)CCNC(=O)c1cnc2cc(-c3ccccc3)c(-c3ccccc3)cc2n1. The van der Waals surface area contributed by atoms with Gasteiger partial charge in [0.05, 0.1) is 17.2 Å². The normalized spacial score (nSPS) is 11.0. The molecule has 0 atom stereocenters. The van der Waals surface area contributed by atoms with E-state index in [0.29, 0.717) is 17.8 Å². The van der Waals surface area contributed by atoms with E-state index >= 15 is 0 Å². The second-order valence-corrected chi connectivity index (χ2v) is 7.43. The molecule has 30 heavy (non-hydrogen) atoms. The average molecular weight is 396 g/mol. The van der Waals surface area contributed by atoms with Crippen molar-refractivity contribution in [2.24, 2.45) is 0 Å². The maximum absolute atomic E-state index is 12.5. The summed E-state index contributed by atoms with van der Waals surface area (Å²) >= 11 is 0. The largest absolute Gasteiger partial charge is 0.349 e. The number of carbonyl (C=O) groups excluding carboxylic acids is 1. The Balaban J connectivity index is 1.77. The summed E-state index contributed by atoms with van der Waals surface area (Å²) in [4.78, 5) is 23.6. The quantitative estimate of drug-likeness (QED) is 0.529. The monoisotopic (exact) mass is 396 g/mol. The number of hydrogen-bond donors (Lipinski definition) is 1. The Morgan fingerprint density at radius 1 is 0.867 bits per heavy atom. The molecule has 4 aromatic rings. The number of rotatable bonds is 6. The Hall–Kier alpha value is -3.57. The molecule has 1 heterocycles. The maximum atomic E-state index is 12.5. The van der Waals surface area contributed by atoms with Crippen molar-refractivity contribution in [3.63, 3.8) is 0 Å². The van der Waals surface area contributed by atoms with Crippen molar-refractivity contribution in [2.45, 2.75) is 0 Å². The number of carbonyl (C=O) groups is 1. The first kappa shape index (κ1) is 19.7. The molecule has 1 aromatic heterocycles. The molecule has 5 heteroatoms. The van der Waals surface area contributed by atoms with Gasteiger partial charge in [0.2, 0.25) is 0 Å². The molecule has 1 amide bonds.